The number of hydrogen-bond donors (Lipinski definition) is 1. The Morgan fingerprint density at radius 1 is 1.38 bits per heavy atom. The zero-order valence-corrected chi connectivity index (χ0v) is 10.3. The van der Waals surface area contributed by atoms with Gasteiger partial charge in [-0.15, -0.1) is 0 Å². The van der Waals surface area contributed by atoms with Crippen LogP contribution in [0.15, 0.2) is 24.3 Å². The fourth-order valence-electron chi connectivity index (χ4n) is 1.35. The highest BCUT2D eigenvalue weighted by Crippen LogP contribution is 2.18. The van der Waals surface area contributed by atoms with E-state index in [1.165, 1.54) is 22.1 Å². The van der Waals surface area contributed by atoms with E-state index in [0.717, 1.165) is 0 Å². The van der Waals surface area contributed by atoms with Crippen LogP contribution < -0.4 is 5.32 Å². The van der Waals surface area contributed by atoms with Gasteiger partial charge < -0.3 is 5.32 Å². The SMILES string of the molecule is CCCC(C)Nc1ccccc1I. The van der Waals surface area contributed by atoms with Gasteiger partial charge in [-0.2, -0.15) is 0 Å². The van der Waals surface area contributed by atoms with Crippen molar-refractivity contribution in [1.82, 2.24) is 0 Å². The van der Waals surface area contributed by atoms with Gasteiger partial charge in [-0.25, -0.2) is 0 Å². The molecule has 1 rings (SSSR count). The number of nitrogens with one attached hydrogen (secondary N) is 1. The fraction of sp³-hybridized carbons (Fsp3) is 0.455. The lowest BCUT2D eigenvalue weighted by Crippen LogP contribution is -2.15. The molecule has 0 saturated heterocycles. The van der Waals surface area contributed by atoms with E-state index in [1.807, 2.05) is 0 Å². The molecule has 1 aromatic rings. The summed E-state index contributed by atoms with van der Waals surface area (Å²) in [6, 6.07) is 8.97. The smallest absolute Gasteiger partial charge is 0.0477 e. The van der Waals surface area contributed by atoms with Gasteiger partial charge in [0.2, 0.25) is 0 Å². The molecule has 1 nitrogen and oxygen atoms in total. The molecule has 1 unspecified atom stereocenters. The molecule has 0 aliphatic carbocycles. The summed E-state index contributed by atoms with van der Waals surface area (Å²) in [5, 5.41) is 3.50. The van der Waals surface area contributed by atoms with Crippen molar-refractivity contribution in [1.29, 1.82) is 0 Å². The van der Waals surface area contributed by atoms with Crippen molar-refractivity contribution in [3.63, 3.8) is 0 Å². The Labute approximate surface area is 94.1 Å². The summed E-state index contributed by atoms with van der Waals surface area (Å²) < 4.78 is 1.29. The summed E-state index contributed by atoms with van der Waals surface area (Å²) in [5.74, 6) is 0. The molecule has 72 valence electrons. The van der Waals surface area contributed by atoms with Crippen LogP contribution in [0.5, 0.6) is 0 Å². The minimum absolute atomic E-state index is 0.570. The Morgan fingerprint density at radius 3 is 2.69 bits per heavy atom. The maximum absolute atomic E-state index is 3.50. The Kier molecular flexibility index (Phi) is 4.56. The molecule has 2 heteroatoms. The molecule has 0 aromatic heterocycles. The first-order valence-electron chi connectivity index (χ1n) is 4.75. The summed E-state index contributed by atoms with van der Waals surface area (Å²) in [6.45, 7) is 4.45. The van der Waals surface area contributed by atoms with Crippen LogP contribution in [-0.4, -0.2) is 6.04 Å². The Morgan fingerprint density at radius 2 is 2.08 bits per heavy atom. The largest absolute Gasteiger partial charge is 0.382 e. The molecule has 13 heavy (non-hydrogen) atoms. The second-order valence-electron chi connectivity index (χ2n) is 3.31. The maximum atomic E-state index is 3.50. The summed E-state index contributed by atoms with van der Waals surface area (Å²) in [5.41, 5.74) is 1.25. The molecule has 0 radical (unpaired) electrons. The monoisotopic (exact) mass is 289 g/mol. The van der Waals surface area contributed by atoms with Crippen LogP contribution in [0.1, 0.15) is 26.7 Å². The highest BCUT2D eigenvalue weighted by molar-refractivity contribution is 14.1. The van der Waals surface area contributed by atoms with Crippen LogP contribution in [0.3, 0.4) is 0 Å². The highest BCUT2D eigenvalue weighted by Gasteiger charge is 2.02. The van der Waals surface area contributed by atoms with Crippen molar-refractivity contribution in [3.8, 4) is 0 Å². The van der Waals surface area contributed by atoms with Gasteiger partial charge in [-0.05, 0) is 48.1 Å². The van der Waals surface area contributed by atoms with Gasteiger partial charge in [0.1, 0.15) is 0 Å². The number of para-hydroxylation sites is 1. The quantitative estimate of drug-likeness (QED) is 0.829. The third-order valence-electron chi connectivity index (χ3n) is 2.00. The van der Waals surface area contributed by atoms with E-state index >= 15 is 0 Å². The second-order valence-corrected chi connectivity index (χ2v) is 4.48. The number of anilines is 1. The van der Waals surface area contributed by atoms with Gasteiger partial charge >= 0.3 is 0 Å². The van der Waals surface area contributed by atoms with Crippen LogP contribution >= 0.6 is 22.6 Å². The van der Waals surface area contributed by atoms with E-state index in [9.17, 15) is 0 Å². The number of hydrogen-bond acceptors (Lipinski definition) is 1. The first-order valence-corrected chi connectivity index (χ1v) is 5.83. The fourth-order valence-corrected chi connectivity index (χ4v) is 1.89. The first kappa shape index (κ1) is 10.8. The third kappa shape index (κ3) is 3.55. The topological polar surface area (TPSA) is 12.0 Å². The van der Waals surface area contributed by atoms with E-state index in [4.69, 9.17) is 0 Å². The van der Waals surface area contributed by atoms with E-state index in [-0.39, 0.29) is 0 Å². The Balaban J connectivity index is 2.58. The molecule has 0 aliphatic rings. The standard InChI is InChI=1S/C11H16IN/c1-3-6-9(2)13-11-8-5-4-7-10(11)12/h4-5,7-9,13H,3,6H2,1-2H3. The van der Waals surface area contributed by atoms with Gasteiger partial charge in [0.05, 0.1) is 0 Å². The van der Waals surface area contributed by atoms with E-state index < -0.39 is 0 Å². The molecule has 0 bridgehead atoms. The van der Waals surface area contributed by atoms with Crippen molar-refractivity contribution in [2.24, 2.45) is 0 Å². The predicted molar refractivity (Wildman–Crippen MR) is 67.2 cm³/mol. The molecule has 1 atom stereocenters. The average molecular weight is 289 g/mol. The maximum Gasteiger partial charge on any atom is 0.0477 e. The van der Waals surface area contributed by atoms with Crippen molar-refractivity contribution in [3.05, 3.63) is 27.8 Å². The van der Waals surface area contributed by atoms with Gasteiger partial charge in [0.25, 0.3) is 0 Å². The lowest BCUT2D eigenvalue weighted by molar-refractivity contribution is 0.690. The van der Waals surface area contributed by atoms with E-state index in [1.54, 1.807) is 0 Å². The zero-order valence-electron chi connectivity index (χ0n) is 8.18. The molecular weight excluding hydrogens is 273 g/mol. The molecule has 0 heterocycles. The number of benzene rings is 1. The second kappa shape index (κ2) is 5.47. The molecule has 0 amide bonds. The van der Waals surface area contributed by atoms with Crippen LogP contribution in [0, 0.1) is 3.57 Å². The Bertz CT molecular complexity index is 260. The summed E-state index contributed by atoms with van der Waals surface area (Å²) in [4.78, 5) is 0. The number of halogens is 1. The highest BCUT2D eigenvalue weighted by atomic mass is 127. The van der Waals surface area contributed by atoms with Crippen molar-refractivity contribution in [2.45, 2.75) is 32.7 Å². The molecule has 1 aromatic carbocycles. The van der Waals surface area contributed by atoms with Crippen LogP contribution in [0.25, 0.3) is 0 Å². The van der Waals surface area contributed by atoms with E-state index in [2.05, 4.69) is 66.0 Å². The predicted octanol–water partition coefficient (Wildman–Crippen LogP) is 3.89. The van der Waals surface area contributed by atoms with Gasteiger partial charge in [0, 0.05) is 15.3 Å². The van der Waals surface area contributed by atoms with Crippen molar-refractivity contribution < 1.29 is 0 Å². The average Bonchev–Trinajstić information content (AvgIpc) is 2.09. The molecule has 0 spiro atoms. The normalized spacial score (nSPS) is 12.5. The minimum atomic E-state index is 0.570. The number of rotatable bonds is 4. The van der Waals surface area contributed by atoms with E-state index in [0.29, 0.717) is 6.04 Å². The summed E-state index contributed by atoms with van der Waals surface area (Å²) in [6.07, 6.45) is 2.46. The van der Waals surface area contributed by atoms with Crippen molar-refractivity contribution in [2.75, 3.05) is 5.32 Å². The lowest BCUT2D eigenvalue weighted by atomic mass is 10.2. The first-order chi connectivity index (χ1) is 6.24. The molecule has 1 N–H and O–H groups in total. The van der Waals surface area contributed by atoms with Gasteiger partial charge in [-0.1, -0.05) is 25.5 Å². The summed E-state index contributed by atoms with van der Waals surface area (Å²) >= 11 is 2.36. The van der Waals surface area contributed by atoms with Crippen LogP contribution in [0.4, 0.5) is 5.69 Å². The van der Waals surface area contributed by atoms with Crippen LogP contribution in [-0.2, 0) is 0 Å². The van der Waals surface area contributed by atoms with Gasteiger partial charge in [0.15, 0.2) is 0 Å². The van der Waals surface area contributed by atoms with Crippen molar-refractivity contribution >= 4 is 28.3 Å². The lowest BCUT2D eigenvalue weighted by Gasteiger charge is -2.15. The van der Waals surface area contributed by atoms with Crippen LogP contribution in [0.2, 0.25) is 0 Å². The summed E-state index contributed by atoms with van der Waals surface area (Å²) in [7, 11) is 0. The Hall–Kier alpha value is -0.250. The molecular formula is C11H16IN. The third-order valence-corrected chi connectivity index (χ3v) is 2.94. The zero-order chi connectivity index (χ0) is 9.68. The molecule has 0 saturated carbocycles. The minimum Gasteiger partial charge on any atom is -0.382 e. The molecule has 0 fully saturated rings. The van der Waals surface area contributed by atoms with Gasteiger partial charge in [-0.3, -0.25) is 0 Å². The molecule has 0 aliphatic heterocycles.